The molecule has 1 aromatic carbocycles. The van der Waals surface area contributed by atoms with Crippen molar-refractivity contribution >= 4 is 17.8 Å². The molecule has 0 spiro atoms. The number of amides is 2. The molecule has 0 radical (unpaired) electrons. The molecule has 2 rings (SSSR count). The van der Waals surface area contributed by atoms with Gasteiger partial charge < -0.3 is 24.8 Å². The van der Waals surface area contributed by atoms with Gasteiger partial charge in [-0.3, -0.25) is 9.59 Å². The lowest BCUT2D eigenvalue weighted by atomic mass is 9.97. The van der Waals surface area contributed by atoms with E-state index in [9.17, 15) is 14.4 Å². The summed E-state index contributed by atoms with van der Waals surface area (Å²) >= 11 is 0. The van der Waals surface area contributed by atoms with Gasteiger partial charge in [-0.15, -0.1) is 0 Å². The third-order valence-corrected chi connectivity index (χ3v) is 4.13. The zero-order chi connectivity index (χ0) is 18.4. The van der Waals surface area contributed by atoms with E-state index >= 15 is 0 Å². The van der Waals surface area contributed by atoms with Crippen LogP contribution in [-0.2, 0) is 14.3 Å². The van der Waals surface area contributed by atoms with Crippen molar-refractivity contribution in [1.29, 1.82) is 0 Å². The number of ether oxygens (including phenoxy) is 3. The number of benzene rings is 1. The highest BCUT2D eigenvalue weighted by Gasteiger charge is 2.27. The summed E-state index contributed by atoms with van der Waals surface area (Å²) in [4.78, 5) is 37.2. The van der Waals surface area contributed by atoms with Crippen LogP contribution in [0.1, 0.15) is 23.2 Å². The molecule has 1 aliphatic heterocycles. The van der Waals surface area contributed by atoms with E-state index < -0.39 is 18.5 Å². The lowest BCUT2D eigenvalue weighted by Crippen LogP contribution is -2.45. The molecule has 1 fully saturated rings. The number of nitrogens with two attached hydrogens (primary N) is 1. The van der Waals surface area contributed by atoms with E-state index in [1.807, 2.05) is 0 Å². The first kappa shape index (κ1) is 18.6. The first-order valence-corrected chi connectivity index (χ1v) is 7.92. The predicted molar refractivity (Wildman–Crippen MR) is 88.3 cm³/mol. The molecule has 2 amide bonds. The third-order valence-electron chi connectivity index (χ3n) is 4.13. The Morgan fingerprint density at radius 3 is 2.64 bits per heavy atom. The summed E-state index contributed by atoms with van der Waals surface area (Å²) in [6, 6.07) is 4.66. The van der Waals surface area contributed by atoms with Gasteiger partial charge in [0.05, 0.1) is 20.1 Å². The maximum Gasteiger partial charge on any atom is 0.342 e. The molecule has 25 heavy (non-hydrogen) atoms. The highest BCUT2D eigenvalue weighted by molar-refractivity contribution is 5.94. The summed E-state index contributed by atoms with van der Waals surface area (Å²) in [5.41, 5.74) is 5.50. The summed E-state index contributed by atoms with van der Waals surface area (Å²) in [5, 5.41) is 0. The van der Waals surface area contributed by atoms with Crippen LogP contribution in [-0.4, -0.2) is 56.6 Å². The summed E-state index contributed by atoms with van der Waals surface area (Å²) in [6.07, 6.45) is 1.36. The Balaban J connectivity index is 1.95. The number of nitrogens with zero attached hydrogens (tertiary/aromatic N) is 1. The summed E-state index contributed by atoms with van der Waals surface area (Å²) in [6.45, 7) is 0.378. The molecule has 1 saturated heterocycles. The van der Waals surface area contributed by atoms with Crippen LogP contribution in [0.3, 0.4) is 0 Å². The highest BCUT2D eigenvalue weighted by Crippen LogP contribution is 2.25. The number of hydrogen-bond acceptors (Lipinski definition) is 6. The largest absolute Gasteiger partial charge is 0.497 e. The van der Waals surface area contributed by atoms with Crippen LogP contribution in [0.5, 0.6) is 11.5 Å². The van der Waals surface area contributed by atoms with Gasteiger partial charge in [0, 0.05) is 19.2 Å². The number of esters is 1. The number of methoxy groups -OCH3 is 2. The summed E-state index contributed by atoms with van der Waals surface area (Å²) in [7, 11) is 2.93. The van der Waals surface area contributed by atoms with Crippen LogP contribution in [0.25, 0.3) is 0 Å². The minimum Gasteiger partial charge on any atom is -0.497 e. The van der Waals surface area contributed by atoms with E-state index in [4.69, 9.17) is 19.9 Å². The molecule has 1 heterocycles. The van der Waals surface area contributed by atoms with Crippen LogP contribution in [0.4, 0.5) is 0 Å². The fourth-order valence-electron chi connectivity index (χ4n) is 2.70. The van der Waals surface area contributed by atoms with Gasteiger partial charge in [0.2, 0.25) is 5.91 Å². The fraction of sp³-hybridized carbons (Fsp3) is 0.471. The Kier molecular flexibility index (Phi) is 6.21. The molecule has 1 aromatic rings. The second-order valence-electron chi connectivity index (χ2n) is 5.72. The average Bonchev–Trinajstić information content (AvgIpc) is 2.65. The van der Waals surface area contributed by atoms with Crippen molar-refractivity contribution in [3.8, 4) is 11.5 Å². The first-order chi connectivity index (χ1) is 12.0. The molecule has 8 nitrogen and oxygen atoms in total. The van der Waals surface area contributed by atoms with Crippen LogP contribution < -0.4 is 15.2 Å². The predicted octanol–water partition coefficient (Wildman–Crippen LogP) is 0.584. The van der Waals surface area contributed by atoms with E-state index in [2.05, 4.69) is 0 Å². The monoisotopic (exact) mass is 350 g/mol. The molecule has 0 saturated carbocycles. The number of piperidine rings is 1. The lowest BCUT2D eigenvalue weighted by molar-refractivity contribution is -0.137. The zero-order valence-electron chi connectivity index (χ0n) is 14.3. The van der Waals surface area contributed by atoms with E-state index in [1.54, 1.807) is 12.1 Å². The number of likely N-dealkylation sites (tertiary alicyclic amines) is 1. The Labute approximate surface area is 145 Å². The van der Waals surface area contributed by atoms with E-state index in [-0.39, 0.29) is 23.9 Å². The molecule has 0 aromatic heterocycles. The van der Waals surface area contributed by atoms with Gasteiger partial charge in [-0.05, 0) is 25.0 Å². The summed E-state index contributed by atoms with van der Waals surface area (Å²) < 4.78 is 15.3. The van der Waals surface area contributed by atoms with Crippen molar-refractivity contribution in [2.24, 2.45) is 11.7 Å². The van der Waals surface area contributed by atoms with Crippen LogP contribution in [0, 0.1) is 5.92 Å². The zero-order valence-corrected chi connectivity index (χ0v) is 14.3. The maximum atomic E-state index is 12.2. The van der Waals surface area contributed by atoms with Crippen LogP contribution in [0.15, 0.2) is 18.2 Å². The number of primary amides is 1. The lowest BCUT2D eigenvalue weighted by Gasteiger charge is -2.31. The molecule has 8 heteroatoms. The minimum atomic E-state index is -0.670. The SMILES string of the molecule is COc1ccc(C(=O)OCC(=O)N2CCC[C@@H](C(N)=O)C2)c(OC)c1. The minimum absolute atomic E-state index is 0.199. The molecule has 136 valence electrons. The Morgan fingerprint density at radius 2 is 2.00 bits per heavy atom. The van der Waals surface area contributed by atoms with Crippen molar-refractivity contribution in [1.82, 2.24) is 4.90 Å². The number of hydrogen-bond donors (Lipinski definition) is 1. The van der Waals surface area contributed by atoms with Gasteiger partial charge in [-0.2, -0.15) is 0 Å². The summed E-state index contributed by atoms with van der Waals surface area (Å²) in [5.74, 6) is -0.963. The quantitative estimate of drug-likeness (QED) is 0.752. The second-order valence-corrected chi connectivity index (χ2v) is 5.72. The third kappa shape index (κ3) is 4.62. The van der Waals surface area contributed by atoms with Crippen LogP contribution in [0.2, 0.25) is 0 Å². The van der Waals surface area contributed by atoms with Gasteiger partial charge in [-0.25, -0.2) is 4.79 Å². The molecular formula is C17H22N2O6. The normalized spacial score (nSPS) is 16.9. The molecule has 0 bridgehead atoms. The van der Waals surface area contributed by atoms with Gasteiger partial charge >= 0.3 is 5.97 Å². The average molecular weight is 350 g/mol. The van der Waals surface area contributed by atoms with Gasteiger partial charge in [-0.1, -0.05) is 0 Å². The molecule has 2 N–H and O–H groups in total. The smallest absolute Gasteiger partial charge is 0.342 e. The van der Waals surface area contributed by atoms with Crippen molar-refractivity contribution in [3.05, 3.63) is 23.8 Å². The van der Waals surface area contributed by atoms with Crippen molar-refractivity contribution in [2.45, 2.75) is 12.8 Å². The standard InChI is InChI=1S/C17H22N2O6/c1-23-12-5-6-13(14(8-12)24-2)17(22)25-10-15(20)19-7-3-4-11(9-19)16(18)21/h5-6,8,11H,3-4,7,9-10H2,1-2H3,(H2,18,21)/t11-/m1/s1. The van der Waals surface area contributed by atoms with Crippen molar-refractivity contribution in [3.63, 3.8) is 0 Å². The maximum absolute atomic E-state index is 12.2. The van der Waals surface area contributed by atoms with Gasteiger partial charge in [0.15, 0.2) is 6.61 Å². The van der Waals surface area contributed by atoms with Gasteiger partial charge in [0.25, 0.3) is 5.91 Å². The Morgan fingerprint density at radius 1 is 1.24 bits per heavy atom. The van der Waals surface area contributed by atoms with E-state index in [1.165, 1.54) is 25.2 Å². The molecule has 0 unspecified atom stereocenters. The molecular weight excluding hydrogens is 328 g/mol. The van der Waals surface area contributed by atoms with Crippen molar-refractivity contribution < 1.29 is 28.6 Å². The van der Waals surface area contributed by atoms with Crippen molar-refractivity contribution in [2.75, 3.05) is 33.9 Å². The van der Waals surface area contributed by atoms with E-state index in [0.29, 0.717) is 30.9 Å². The second kappa shape index (κ2) is 8.36. The van der Waals surface area contributed by atoms with E-state index in [0.717, 1.165) is 0 Å². The molecule has 1 aliphatic rings. The molecule has 1 atom stereocenters. The number of carbonyl (C=O) groups is 3. The number of carbonyl (C=O) groups excluding carboxylic acids is 3. The molecule has 0 aliphatic carbocycles. The first-order valence-electron chi connectivity index (χ1n) is 7.92. The highest BCUT2D eigenvalue weighted by atomic mass is 16.5. The van der Waals surface area contributed by atoms with Crippen LogP contribution >= 0.6 is 0 Å². The Hall–Kier alpha value is -2.77. The Bertz CT molecular complexity index is 661. The number of rotatable bonds is 6. The van der Waals surface area contributed by atoms with Gasteiger partial charge in [0.1, 0.15) is 17.1 Å². The fourth-order valence-corrected chi connectivity index (χ4v) is 2.70. The topological polar surface area (TPSA) is 108 Å².